The molecule has 2 N–H and O–H groups in total. The van der Waals surface area contributed by atoms with Gasteiger partial charge in [-0.15, -0.1) is 0 Å². The van der Waals surface area contributed by atoms with Gasteiger partial charge in [-0.1, -0.05) is 87.3 Å². The van der Waals surface area contributed by atoms with Crippen LogP contribution in [0, 0.1) is 0 Å². The largest absolute Gasteiger partial charge is 0.353 e. The molecule has 0 aliphatic heterocycles. The molecule has 0 unspecified atom stereocenters. The zero-order chi connectivity index (χ0) is 24.0. The van der Waals surface area contributed by atoms with E-state index in [2.05, 4.69) is 86.2 Å². The molecule has 0 aliphatic rings. The maximum atomic E-state index is 6.94. The Hall–Kier alpha value is -2.68. The molecule has 0 aliphatic carbocycles. The third-order valence-electron chi connectivity index (χ3n) is 7.15. The molecule has 4 heteroatoms. The maximum absolute atomic E-state index is 6.94. The Morgan fingerprint density at radius 1 is 0.529 bits per heavy atom. The van der Waals surface area contributed by atoms with E-state index in [9.17, 15) is 0 Å². The molecule has 0 atom stereocenters. The van der Waals surface area contributed by atoms with Gasteiger partial charge in [-0.3, -0.25) is 0 Å². The number of nitrogens with one attached hydrogen (secondary N) is 2. The summed E-state index contributed by atoms with van der Waals surface area (Å²) in [5.41, 5.74) is 11.7. The van der Waals surface area contributed by atoms with E-state index in [1.165, 1.54) is 22.3 Å². The van der Waals surface area contributed by atoms with Crippen LogP contribution < -0.4 is 0 Å². The molecule has 34 heavy (non-hydrogen) atoms. The standard InChI is InChI=1S/C30H30Cl2N2/c1-5-17-13-15-23-25(21(17)7-3)27(31)29(33-23)19-9-11-20(12-10-19)30-28(32)26-22(8-4)18(6-2)14-16-24(26)34-30/h9-16,33-34H,5-8H2,1-4H3. The summed E-state index contributed by atoms with van der Waals surface area (Å²) < 4.78 is 0. The predicted molar refractivity (Wildman–Crippen MR) is 149 cm³/mol. The van der Waals surface area contributed by atoms with E-state index >= 15 is 0 Å². The third-order valence-corrected chi connectivity index (χ3v) is 7.90. The minimum Gasteiger partial charge on any atom is -0.353 e. The summed E-state index contributed by atoms with van der Waals surface area (Å²) in [7, 11) is 0. The number of H-pyrrole nitrogens is 2. The van der Waals surface area contributed by atoms with Crippen molar-refractivity contribution in [2.24, 2.45) is 0 Å². The van der Waals surface area contributed by atoms with Crippen LogP contribution in [0.2, 0.25) is 10.0 Å². The van der Waals surface area contributed by atoms with Crippen molar-refractivity contribution < 1.29 is 0 Å². The predicted octanol–water partition coefficient (Wildman–Crippen LogP) is 9.54. The van der Waals surface area contributed by atoms with Gasteiger partial charge in [0, 0.05) is 21.8 Å². The monoisotopic (exact) mass is 488 g/mol. The van der Waals surface area contributed by atoms with Gasteiger partial charge in [0.25, 0.3) is 0 Å². The molecule has 3 aromatic carbocycles. The molecule has 0 bridgehead atoms. The summed E-state index contributed by atoms with van der Waals surface area (Å²) in [6.45, 7) is 8.79. The molecule has 0 saturated heterocycles. The SMILES string of the molecule is CCc1ccc2[nH]c(-c3ccc(-c4[nH]c5ccc(CC)c(CC)c5c4Cl)cc3)c(Cl)c2c1CC. The molecule has 0 fully saturated rings. The fourth-order valence-electron chi connectivity index (χ4n) is 5.39. The van der Waals surface area contributed by atoms with Crippen LogP contribution in [-0.2, 0) is 25.7 Å². The summed E-state index contributed by atoms with van der Waals surface area (Å²) in [4.78, 5) is 7.12. The lowest BCUT2D eigenvalue weighted by Gasteiger charge is -2.08. The molecule has 174 valence electrons. The lowest BCUT2D eigenvalue weighted by Crippen LogP contribution is -1.91. The summed E-state index contributed by atoms with van der Waals surface area (Å²) in [6.07, 6.45) is 3.95. The van der Waals surface area contributed by atoms with E-state index in [1.54, 1.807) is 0 Å². The number of rotatable bonds is 6. The third kappa shape index (κ3) is 3.56. The minimum absolute atomic E-state index is 0.804. The Kier molecular flexibility index (Phi) is 6.22. The number of hydrogen-bond acceptors (Lipinski definition) is 0. The summed E-state index contributed by atoms with van der Waals surface area (Å²) in [5.74, 6) is 0. The molecule has 0 spiro atoms. The highest BCUT2D eigenvalue weighted by Crippen LogP contribution is 2.41. The van der Waals surface area contributed by atoms with Gasteiger partial charge < -0.3 is 9.97 Å². The highest BCUT2D eigenvalue weighted by Gasteiger charge is 2.18. The van der Waals surface area contributed by atoms with E-state index in [4.69, 9.17) is 23.2 Å². The van der Waals surface area contributed by atoms with Crippen molar-refractivity contribution in [3.8, 4) is 22.5 Å². The van der Waals surface area contributed by atoms with Gasteiger partial charge in [-0.25, -0.2) is 0 Å². The lowest BCUT2D eigenvalue weighted by molar-refractivity contribution is 1.05. The molecule has 2 nitrogen and oxygen atoms in total. The second-order valence-corrected chi connectivity index (χ2v) is 9.63. The van der Waals surface area contributed by atoms with Gasteiger partial charge >= 0.3 is 0 Å². The number of fused-ring (bicyclic) bond motifs is 2. The van der Waals surface area contributed by atoms with Gasteiger partial charge in [0.1, 0.15) is 0 Å². The van der Waals surface area contributed by atoms with Crippen molar-refractivity contribution in [1.82, 2.24) is 9.97 Å². The first-order chi connectivity index (χ1) is 16.5. The van der Waals surface area contributed by atoms with Crippen LogP contribution in [0.15, 0.2) is 48.5 Å². The van der Waals surface area contributed by atoms with E-state index in [0.717, 1.165) is 80.0 Å². The lowest BCUT2D eigenvalue weighted by atomic mass is 9.98. The zero-order valence-corrected chi connectivity index (χ0v) is 21.7. The molecular formula is C30H30Cl2N2. The Balaban J connectivity index is 1.59. The van der Waals surface area contributed by atoms with E-state index in [0.29, 0.717) is 0 Å². The normalized spacial score (nSPS) is 11.7. The number of aromatic amines is 2. The van der Waals surface area contributed by atoms with Crippen LogP contribution in [0.3, 0.4) is 0 Å². The van der Waals surface area contributed by atoms with Gasteiger partial charge in [-0.2, -0.15) is 0 Å². The summed E-state index contributed by atoms with van der Waals surface area (Å²) >= 11 is 13.9. The smallest absolute Gasteiger partial charge is 0.0743 e. The molecule has 5 aromatic rings. The molecular weight excluding hydrogens is 459 g/mol. The Bertz CT molecular complexity index is 1390. The van der Waals surface area contributed by atoms with Crippen LogP contribution in [0.25, 0.3) is 44.3 Å². The average molecular weight is 489 g/mol. The van der Waals surface area contributed by atoms with E-state index in [-0.39, 0.29) is 0 Å². The van der Waals surface area contributed by atoms with Crippen molar-refractivity contribution in [3.63, 3.8) is 0 Å². The molecule has 0 saturated carbocycles. The average Bonchev–Trinajstić information content (AvgIpc) is 3.39. The quantitative estimate of drug-likeness (QED) is 0.238. The summed E-state index contributed by atoms with van der Waals surface area (Å²) in [5, 5.41) is 3.91. The number of aromatic nitrogens is 2. The van der Waals surface area contributed by atoms with Crippen molar-refractivity contribution in [1.29, 1.82) is 0 Å². The molecule has 2 heterocycles. The first-order valence-electron chi connectivity index (χ1n) is 12.3. The van der Waals surface area contributed by atoms with Crippen LogP contribution in [0.5, 0.6) is 0 Å². The number of aryl methyl sites for hydroxylation is 4. The van der Waals surface area contributed by atoms with E-state index < -0.39 is 0 Å². The van der Waals surface area contributed by atoms with E-state index in [1.807, 2.05) is 0 Å². The van der Waals surface area contributed by atoms with Crippen molar-refractivity contribution in [2.75, 3.05) is 0 Å². The van der Waals surface area contributed by atoms with Crippen LogP contribution in [0.1, 0.15) is 49.9 Å². The maximum Gasteiger partial charge on any atom is 0.0743 e. The van der Waals surface area contributed by atoms with Crippen LogP contribution in [0.4, 0.5) is 0 Å². The second kappa shape index (κ2) is 9.17. The number of hydrogen-bond donors (Lipinski definition) is 2. The highest BCUT2D eigenvalue weighted by molar-refractivity contribution is 6.39. The van der Waals surface area contributed by atoms with Crippen LogP contribution >= 0.6 is 23.2 Å². The van der Waals surface area contributed by atoms with Crippen molar-refractivity contribution in [2.45, 2.75) is 53.4 Å². The van der Waals surface area contributed by atoms with Crippen LogP contribution in [-0.4, -0.2) is 9.97 Å². The Labute approximate surface area is 211 Å². The first kappa shape index (κ1) is 23.1. The van der Waals surface area contributed by atoms with Gasteiger partial charge in [0.05, 0.1) is 21.4 Å². The van der Waals surface area contributed by atoms with Crippen molar-refractivity contribution in [3.05, 3.63) is 80.8 Å². The highest BCUT2D eigenvalue weighted by atomic mass is 35.5. The minimum atomic E-state index is 0.804. The number of halogens is 2. The number of benzene rings is 3. The molecule has 5 rings (SSSR count). The zero-order valence-electron chi connectivity index (χ0n) is 20.2. The molecule has 2 aromatic heterocycles. The van der Waals surface area contributed by atoms with Crippen molar-refractivity contribution >= 4 is 45.0 Å². The molecule has 0 radical (unpaired) electrons. The summed E-state index contributed by atoms with van der Waals surface area (Å²) in [6, 6.07) is 17.2. The van der Waals surface area contributed by atoms with Gasteiger partial charge in [0.15, 0.2) is 0 Å². The first-order valence-corrected chi connectivity index (χ1v) is 13.0. The fraction of sp³-hybridized carbons (Fsp3) is 0.267. The fourth-order valence-corrected chi connectivity index (χ4v) is 6.14. The molecule has 0 amide bonds. The van der Waals surface area contributed by atoms with Gasteiger partial charge in [0.2, 0.25) is 0 Å². The second-order valence-electron chi connectivity index (χ2n) is 8.87. The van der Waals surface area contributed by atoms with Gasteiger partial charge in [-0.05, 0) is 71.2 Å². The topological polar surface area (TPSA) is 31.6 Å². The Morgan fingerprint density at radius 3 is 1.24 bits per heavy atom. The Morgan fingerprint density at radius 2 is 0.912 bits per heavy atom.